The van der Waals surface area contributed by atoms with Crippen LogP contribution < -0.4 is 5.32 Å². The average molecular weight is 313 g/mol. The molecule has 21 heavy (non-hydrogen) atoms. The number of hydrogen-bond donors (Lipinski definition) is 1. The molecule has 2 nitrogen and oxygen atoms in total. The molecule has 0 amide bonds. The maximum absolute atomic E-state index is 3.92. The Morgan fingerprint density at radius 3 is 2.48 bits per heavy atom. The molecule has 0 aromatic rings. The van der Waals surface area contributed by atoms with E-state index in [0.29, 0.717) is 11.5 Å². The zero-order valence-electron chi connectivity index (χ0n) is 14.7. The Morgan fingerprint density at radius 2 is 1.86 bits per heavy atom. The molecule has 1 heterocycles. The lowest BCUT2D eigenvalue weighted by Gasteiger charge is -2.48. The van der Waals surface area contributed by atoms with Gasteiger partial charge >= 0.3 is 0 Å². The summed E-state index contributed by atoms with van der Waals surface area (Å²) in [5.74, 6) is 3.47. The van der Waals surface area contributed by atoms with Crippen LogP contribution in [0.2, 0.25) is 0 Å². The maximum Gasteiger partial charge on any atom is 0.0270 e. The Kier molecular flexibility index (Phi) is 6.89. The molecule has 124 valence electrons. The molecule has 3 heteroatoms. The van der Waals surface area contributed by atoms with Gasteiger partial charge in [0.2, 0.25) is 0 Å². The summed E-state index contributed by atoms with van der Waals surface area (Å²) < 4.78 is 0. The molecule has 2 atom stereocenters. The van der Waals surface area contributed by atoms with Gasteiger partial charge in [0.25, 0.3) is 0 Å². The molecule has 0 spiro atoms. The Labute approximate surface area is 136 Å². The molecule has 1 saturated carbocycles. The van der Waals surface area contributed by atoms with E-state index >= 15 is 0 Å². The van der Waals surface area contributed by atoms with Crippen molar-refractivity contribution in [2.45, 2.75) is 71.9 Å². The van der Waals surface area contributed by atoms with E-state index in [9.17, 15) is 0 Å². The molecule has 1 aliphatic carbocycles. The third kappa shape index (κ3) is 5.14. The van der Waals surface area contributed by atoms with Gasteiger partial charge in [-0.05, 0) is 29.9 Å². The predicted molar refractivity (Wildman–Crippen MR) is 96.2 cm³/mol. The van der Waals surface area contributed by atoms with Crippen molar-refractivity contribution >= 4 is 11.8 Å². The summed E-state index contributed by atoms with van der Waals surface area (Å²) in [5.41, 5.74) is 0.376. The van der Waals surface area contributed by atoms with Crippen molar-refractivity contribution in [1.82, 2.24) is 10.2 Å². The van der Waals surface area contributed by atoms with Crippen LogP contribution in [-0.2, 0) is 0 Å². The fourth-order valence-corrected chi connectivity index (χ4v) is 4.77. The van der Waals surface area contributed by atoms with Crippen LogP contribution in [-0.4, -0.2) is 48.1 Å². The van der Waals surface area contributed by atoms with E-state index in [1.807, 2.05) is 0 Å². The van der Waals surface area contributed by atoms with Crippen LogP contribution in [0.1, 0.15) is 59.8 Å². The van der Waals surface area contributed by atoms with Crippen LogP contribution in [0.4, 0.5) is 0 Å². The van der Waals surface area contributed by atoms with Gasteiger partial charge in [-0.3, -0.25) is 4.90 Å². The van der Waals surface area contributed by atoms with Gasteiger partial charge in [-0.1, -0.05) is 47.0 Å². The highest BCUT2D eigenvalue weighted by Gasteiger charge is 2.37. The highest BCUT2D eigenvalue weighted by molar-refractivity contribution is 7.99. The third-order valence-electron chi connectivity index (χ3n) is 5.39. The topological polar surface area (TPSA) is 15.3 Å². The van der Waals surface area contributed by atoms with Crippen molar-refractivity contribution in [3.05, 3.63) is 0 Å². The molecule has 0 aromatic carbocycles. The van der Waals surface area contributed by atoms with Crippen molar-refractivity contribution in [1.29, 1.82) is 0 Å². The monoisotopic (exact) mass is 312 g/mol. The quantitative estimate of drug-likeness (QED) is 0.772. The molecule has 1 N–H and O–H groups in total. The molecule has 0 radical (unpaired) electrons. The number of thioether (sulfide) groups is 1. The van der Waals surface area contributed by atoms with E-state index in [0.717, 1.165) is 12.0 Å². The number of nitrogens with one attached hydrogen (secondary N) is 1. The van der Waals surface area contributed by atoms with E-state index in [2.05, 4.69) is 49.7 Å². The second kappa shape index (κ2) is 8.21. The molecule has 2 unspecified atom stereocenters. The number of hydrogen-bond acceptors (Lipinski definition) is 3. The number of nitrogens with zero attached hydrogens (tertiary/aromatic N) is 1. The van der Waals surface area contributed by atoms with Gasteiger partial charge in [-0.2, -0.15) is 11.8 Å². The van der Waals surface area contributed by atoms with Gasteiger partial charge in [-0.15, -0.1) is 0 Å². The normalized spacial score (nSPS) is 29.7. The minimum Gasteiger partial charge on any atom is -0.311 e. The molecule has 2 aliphatic rings. The van der Waals surface area contributed by atoms with Crippen molar-refractivity contribution < 1.29 is 0 Å². The summed E-state index contributed by atoms with van der Waals surface area (Å²) >= 11 is 2.09. The zero-order valence-corrected chi connectivity index (χ0v) is 15.5. The summed E-state index contributed by atoms with van der Waals surface area (Å²) in [6, 6.07) is 1.44. The largest absolute Gasteiger partial charge is 0.311 e. The molecular weight excluding hydrogens is 276 g/mol. The van der Waals surface area contributed by atoms with Gasteiger partial charge in [0, 0.05) is 37.5 Å². The van der Waals surface area contributed by atoms with Crippen LogP contribution in [0.15, 0.2) is 0 Å². The first-order valence-electron chi connectivity index (χ1n) is 9.07. The molecule has 0 bridgehead atoms. The fraction of sp³-hybridized carbons (Fsp3) is 1.00. The van der Waals surface area contributed by atoms with Crippen LogP contribution in [0, 0.1) is 11.3 Å². The fourth-order valence-electron chi connectivity index (χ4n) is 4.12. The lowest BCUT2D eigenvalue weighted by molar-refractivity contribution is 0.0425. The highest BCUT2D eigenvalue weighted by atomic mass is 32.2. The second-order valence-corrected chi connectivity index (χ2v) is 9.38. The Balaban J connectivity index is 1.94. The van der Waals surface area contributed by atoms with E-state index in [1.54, 1.807) is 0 Å². The van der Waals surface area contributed by atoms with Crippen LogP contribution in [0.3, 0.4) is 0 Å². The first-order chi connectivity index (χ1) is 10.0. The smallest absolute Gasteiger partial charge is 0.0270 e. The number of rotatable bonds is 5. The van der Waals surface area contributed by atoms with Crippen molar-refractivity contribution in [2.24, 2.45) is 11.3 Å². The van der Waals surface area contributed by atoms with E-state index in [1.165, 1.54) is 63.2 Å². The lowest BCUT2D eigenvalue weighted by atomic mass is 9.79. The molecule has 0 aromatic heterocycles. The first-order valence-corrected chi connectivity index (χ1v) is 10.2. The SMILES string of the molecule is CCSCCN1CC(C2CCCCC2)NCC1C(C)(C)C. The summed E-state index contributed by atoms with van der Waals surface area (Å²) in [6.45, 7) is 13.2. The van der Waals surface area contributed by atoms with Gasteiger partial charge < -0.3 is 5.32 Å². The molecular formula is C18H36N2S. The average Bonchev–Trinajstić information content (AvgIpc) is 2.47. The highest BCUT2D eigenvalue weighted by Crippen LogP contribution is 2.32. The second-order valence-electron chi connectivity index (χ2n) is 7.99. The standard InChI is InChI=1S/C18H36N2S/c1-5-21-12-11-20-14-16(15-9-7-6-8-10-15)19-13-17(20)18(2,3)4/h15-17,19H,5-14H2,1-4H3. The van der Waals surface area contributed by atoms with E-state index in [-0.39, 0.29) is 0 Å². The van der Waals surface area contributed by atoms with E-state index < -0.39 is 0 Å². The summed E-state index contributed by atoms with van der Waals surface area (Å²) in [6.07, 6.45) is 7.28. The first kappa shape index (κ1) is 17.6. The molecule has 2 fully saturated rings. The number of piperazine rings is 1. The van der Waals surface area contributed by atoms with Crippen LogP contribution in [0.25, 0.3) is 0 Å². The van der Waals surface area contributed by atoms with Crippen molar-refractivity contribution in [2.75, 3.05) is 31.1 Å². The summed E-state index contributed by atoms with van der Waals surface area (Å²) in [5, 5.41) is 3.92. The summed E-state index contributed by atoms with van der Waals surface area (Å²) in [7, 11) is 0. The van der Waals surface area contributed by atoms with Crippen LogP contribution >= 0.6 is 11.8 Å². The van der Waals surface area contributed by atoms with Gasteiger partial charge in [-0.25, -0.2) is 0 Å². The van der Waals surface area contributed by atoms with Gasteiger partial charge in [0.15, 0.2) is 0 Å². The summed E-state index contributed by atoms with van der Waals surface area (Å²) in [4.78, 5) is 2.80. The Morgan fingerprint density at radius 1 is 1.14 bits per heavy atom. The molecule has 2 rings (SSSR count). The third-order valence-corrected chi connectivity index (χ3v) is 6.27. The minimum atomic E-state index is 0.376. The Bertz CT molecular complexity index is 294. The van der Waals surface area contributed by atoms with Gasteiger partial charge in [0.05, 0.1) is 0 Å². The van der Waals surface area contributed by atoms with Gasteiger partial charge in [0.1, 0.15) is 0 Å². The van der Waals surface area contributed by atoms with Crippen molar-refractivity contribution in [3.8, 4) is 0 Å². The van der Waals surface area contributed by atoms with Crippen LogP contribution in [0.5, 0.6) is 0 Å². The molecule has 1 aliphatic heterocycles. The Hall–Kier alpha value is 0.270. The zero-order chi connectivity index (χ0) is 15.3. The van der Waals surface area contributed by atoms with Crippen molar-refractivity contribution in [3.63, 3.8) is 0 Å². The lowest BCUT2D eigenvalue weighted by Crippen LogP contribution is -2.62. The predicted octanol–water partition coefficient (Wildman–Crippen LogP) is 4.01. The van der Waals surface area contributed by atoms with E-state index in [4.69, 9.17) is 0 Å². The molecule has 1 saturated heterocycles. The maximum atomic E-state index is 3.92. The minimum absolute atomic E-state index is 0.376.